The highest BCUT2D eigenvalue weighted by molar-refractivity contribution is 5.72. The van der Waals surface area contributed by atoms with E-state index in [0.29, 0.717) is 13.0 Å². The van der Waals surface area contributed by atoms with Gasteiger partial charge in [-0.1, -0.05) is 12.5 Å². The fraction of sp³-hybridized carbons (Fsp3) is 0.538. The van der Waals surface area contributed by atoms with Crippen molar-refractivity contribution in [2.45, 2.75) is 25.3 Å². The standard InChI is InChI=1S/C7H10N2.C6H14N2O2/c1-9(2)7-5-3-4-6-8-7;7-4-2-1-3-5(8)6(9)10/h3-6H,1-2H3;5H,1-4,7-8H2,(H,9,10)/t;5-/m.0/s1. The van der Waals surface area contributed by atoms with E-state index in [9.17, 15) is 4.79 Å². The average Bonchev–Trinajstić information content (AvgIpc) is 2.40. The predicted molar refractivity (Wildman–Crippen MR) is 77.1 cm³/mol. The van der Waals surface area contributed by atoms with Crippen LogP contribution >= 0.6 is 0 Å². The first-order valence-electron chi connectivity index (χ1n) is 6.25. The van der Waals surface area contributed by atoms with Crippen molar-refractivity contribution < 1.29 is 9.90 Å². The van der Waals surface area contributed by atoms with Gasteiger partial charge < -0.3 is 21.5 Å². The minimum atomic E-state index is -0.933. The largest absolute Gasteiger partial charge is 0.480 e. The van der Waals surface area contributed by atoms with E-state index < -0.39 is 12.0 Å². The summed E-state index contributed by atoms with van der Waals surface area (Å²) >= 11 is 0. The van der Waals surface area contributed by atoms with Gasteiger partial charge in [0.15, 0.2) is 0 Å². The van der Waals surface area contributed by atoms with E-state index in [-0.39, 0.29) is 0 Å². The third-order valence-electron chi connectivity index (χ3n) is 2.39. The van der Waals surface area contributed by atoms with E-state index in [0.717, 1.165) is 18.7 Å². The summed E-state index contributed by atoms with van der Waals surface area (Å²) in [6.07, 6.45) is 3.95. The third-order valence-corrected chi connectivity index (χ3v) is 2.39. The molecule has 0 aliphatic carbocycles. The Morgan fingerprint density at radius 3 is 2.47 bits per heavy atom. The number of hydrogen-bond donors (Lipinski definition) is 3. The predicted octanol–water partition coefficient (Wildman–Crippen LogP) is 0.675. The Bertz CT molecular complexity index is 344. The number of hydrogen-bond acceptors (Lipinski definition) is 5. The van der Waals surface area contributed by atoms with E-state index in [4.69, 9.17) is 16.6 Å². The van der Waals surface area contributed by atoms with Crippen LogP contribution in [0.25, 0.3) is 0 Å². The quantitative estimate of drug-likeness (QED) is 0.655. The highest BCUT2D eigenvalue weighted by Crippen LogP contribution is 2.02. The van der Waals surface area contributed by atoms with E-state index in [1.807, 2.05) is 37.2 Å². The van der Waals surface area contributed by atoms with Crippen LogP contribution in [0.2, 0.25) is 0 Å². The molecule has 1 rings (SSSR count). The smallest absolute Gasteiger partial charge is 0.320 e. The number of carbonyl (C=O) groups is 1. The summed E-state index contributed by atoms with van der Waals surface area (Å²) in [6, 6.07) is 5.14. The number of nitrogens with two attached hydrogens (primary N) is 2. The summed E-state index contributed by atoms with van der Waals surface area (Å²) in [5.41, 5.74) is 10.4. The number of aromatic nitrogens is 1. The van der Waals surface area contributed by atoms with Crippen molar-refractivity contribution in [3.8, 4) is 0 Å². The van der Waals surface area contributed by atoms with Crippen LogP contribution in [0.3, 0.4) is 0 Å². The summed E-state index contributed by atoms with van der Waals surface area (Å²) in [7, 11) is 3.95. The van der Waals surface area contributed by atoms with Gasteiger partial charge in [-0.2, -0.15) is 0 Å². The second-order valence-corrected chi connectivity index (χ2v) is 4.31. The lowest BCUT2D eigenvalue weighted by atomic mass is 10.1. The summed E-state index contributed by atoms with van der Waals surface area (Å²) < 4.78 is 0. The molecule has 0 aliphatic heterocycles. The van der Waals surface area contributed by atoms with Gasteiger partial charge in [0.1, 0.15) is 11.9 Å². The van der Waals surface area contributed by atoms with Crippen molar-refractivity contribution in [2.75, 3.05) is 25.5 Å². The van der Waals surface area contributed by atoms with Crippen LogP contribution in [-0.4, -0.2) is 42.7 Å². The van der Waals surface area contributed by atoms with Gasteiger partial charge in [0.2, 0.25) is 0 Å². The molecule has 0 fully saturated rings. The van der Waals surface area contributed by atoms with Crippen molar-refractivity contribution in [1.29, 1.82) is 0 Å². The maximum absolute atomic E-state index is 10.1. The first-order chi connectivity index (χ1) is 8.99. The monoisotopic (exact) mass is 268 g/mol. The molecule has 1 heterocycles. The molecule has 0 saturated heterocycles. The van der Waals surface area contributed by atoms with Crippen molar-refractivity contribution >= 4 is 11.8 Å². The molecule has 19 heavy (non-hydrogen) atoms. The molecule has 6 heteroatoms. The minimum Gasteiger partial charge on any atom is -0.480 e. The Hall–Kier alpha value is -1.66. The molecule has 1 aromatic heterocycles. The van der Waals surface area contributed by atoms with Gasteiger partial charge in [0, 0.05) is 20.3 Å². The summed E-state index contributed by atoms with van der Waals surface area (Å²) in [5, 5.41) is 8.33. The lowest BCUT2D eigenvalue weighted by molar-refractivity contribution is -0.138. The van der Waals surface area contributed by atoms with Gasteiger partial charge >= 0.3 is 5.97 Å². The number of carboxylic acids is 1. The molecular weight excluding hydrogens is 244 g/mol. The molecule has 0 saturated carbocycles. The number of rotatable bonds is 6. The van der Waals surface area contributed by atoms with Gasteiger partial charge in [0.05, 0.1) is 0 Å². The first-order valence-corrected chi connectivity index (χ1v) is 6.25. The fourth-order valence-corrected chi connectivity index (χ4v) is 1.25. The maximum Gasteiger partial charge on any atom is 0.320 e. The van der Waals surface area contributed by atoms with Gasteiger partial charge in [-0.3, -0.25) is 4.79 Å². The van der Waals surface area contributed by atoms with E-state index in [2.05, 4.69) is 4.98 Å². The molecule has 0 radical (unpaired) electrons. The van der Waals surface area contributed by atoms with Gasteiger partial charge in [0.25, 0.3) is 0 Å². The molecule has 1 aromatic rings. The van der Waals surface area contributed by atoms with Gasteiger partial charge in [-0.15, -0.1) is 0 Å². The Morgan fingerprint density at radius 2 is 2.11 bits per heavy atom. The fourth-order valence-electron chi connectivity index (χ4n) is 1.25. The number of aliphatic carboxylic acids is 1. The molecule has 5 N–H and O–H groups in total. The number of nitrogens with zero attached hydrogens (tertiary/aromatic N) is 2. The molecule has 0 amide bonds. The third kappa shape index (κ3) is 8.98. The Kier molecular flexibility index (Phi) is 9.38. The maximum atomic E-state index is 10.1. The van der Waals surface area contributed by atoms with Crippen molar-refractivity contribution in [3.63, 3.8) is 0 Å². The Morgan fingerprint density at radius 1 is 1.42 bits per heavy atom. The average molecular weight is 268 g/mol. The number of anilines is 1. The van der Waals surface area contributed by atoms with Crippen molar-refractivity contribution in [3.05, 3.63) is 24.4 Å². The van der Waals surface area contributed by atoms with Crippen LogP contribution in [0.5, 0.6) is 0 Å². The van der Waals surface area contributed by atoms with E-state index >= 15 is 0 Å². The SMILES string of the molecule is CN(C)c1ccccn1.NCCCC[C@H](N)C(=O)O. The first kappa shape index (κ1) is 17.3. The van der Waals surface area contributed by atoms with Crippen molar-refractivity contribution in [2.24, 2.45) is 11.5 Å². The van der Waals surface area contributed by atoms with Crippen LogP contribution in [0.1, 0.15) is 19.3 Å². The topological polar surface area (TPSA) is 105 Å². The highest BCUT2D eigenvalue weighted by atomic mass is 16.4. The molecule has 0 aromatic carbocycles. The molecule has 0 aliphatic rings. The molecule has 0 unspecified atom stereocenters. The van der Waals surface area contributed by atoms with E-state index in [1.165, 1.54) is 0 Å². The summed E-state index contributed by atoms with van der Waals surface area (Å²) in [4.78, 5) is 16.2. The zero-order chi connectivity index (χ0) is 14.7. The lowest BCUT2D eigenvalue weighted by Crippen LogP contribution is -2.29. The van der Waals surface area contributed by atoms with Crippen molar-refractivity contribution in [1.82, 2.24) is 4.98 Å². The Balaban J connectivity index is 0.000000342. The zero-order valence-corrected chi connectivity index (χ0v) is 11.6. The molecule has 0 bridgehead atoms. The molecular formula is C13H24N4O2. The number of carboxylic acid groups (broad SMARTS) is 1. The number of pyridine rings is 1. The summed E-state index contributed by atoms with van der Waals surface area (Å²) in [5.74, 6) is 0.0644. The summed E-state index contributed by atoms with van der Waals surface area (Å²) in [6.45, 7) is 0.604. The second-order valence-electron chi connectivity index (χ2n) is 4.31. The van der Waals surface area contributed by atoms with Gasteiger partial charge in [-0.25, -0.2) is 4.98 Å². The molecule has 6 nitrogen and oxygen atoms in total. The molecule has 1 atom stereocenters. The van der Waals surface area contributed by atoms with Crippen LogP contribution in [0, 0.1) is 0 Å². The van der Waals surface area contributed by atoms with Gasteiger partial charge in [-0.05, 0) is 31.5 Å². The lowest BCUT2D eigenvalue weighted by Gasteiger charge is -2.08. The van der Waals surface area contributed by atoms with Crippen LogP contribution in [0.4, 0.5) is 5.82 Å². The van der Waals surface area contributed by atoms with Crippen LogP contribution in [0.15, 0.2) is 24.4 Å². The molecule has 0 spiro atoms. The normalized spacial score (nSPS) is 11.2. The van der Waals surface area contributed by atoms with E-state index in [1.54, 1.807) is 6.20 Å². The second kappa shape index (κ2) is 10.3. The minimum absolute atomic E-state index is 0.520. The zero-order valence-electron chi connectivity index (χ0n) is 11.6. The number of unbranched alkanes of at least 4 members (excludes halogenated alkanes) is 1. The van der Waals surface area contributed by atoms with Crippen LogP contribution < -0.4 is 16.4 Å². The van der Waals surface area contributed by atoms with Crippen LogP contribution in [-0.2, 0) is 4.79 Å². The molecule has 108 valence electrons. The highest BCUT2D eigenvalue weighted by Gasteiger charge is 2.09. The Labute approximate surface area is 114 Å².